The lowest BCUT2D eigenvalue weighted by Crippen LogP contribution is -2.48. The van der Waals surface area contributed by atoms with Crippen molar-refractivity contribution in [3.8, 4) is 0 Å². The molecule has 1 aromatic carbocycles. The van der Waals surface area contributed by atoms with Gasteiger partial charge in [-0.2, -0.15) is 0 Å². The zero-order chi connectivity index (χ0) is 16.7. The molecule has 4 rings (SSSR count). The van der Waals surface area contributed by atoms with Crippen LogP contribution >= 0.6 is 0 Å². The van der Waals surface area contributed by atoms with Crippen molar-refractivity contribution in [2.75, 3.05) is 19.7 Å². The highest BCUT2D eigenvalue weighted by molar-refractivity contribution is 5.81. The molecule has 2 aliphatic heterocycles. The van der Waals surface area contributed by atoms with Crippen LogP contribution in [0.3, 0.4) is 0 Å². The fourth-order valence-corrected chi connectivity index (χ4v) is 3.94. The van der Waals surface area contributed by atoms with Gasteiger partial charge in [0.15, 0.2) is 0 Å². The van der Waals surface area contributed by atoms with Crippen LogP contribution in [0.15, 0.2) is 24.3 Å². The first-order valence-electron chi connectivity index (χ1n) is 8.58. The largest absolute Gasteiger partial charge is 0.365 e. The molecule has 2 amide bonds. The molecule has 3 atom stereocenters. The number of ether oxygens (including phenoxy) is 1. The van der Waals surface area contributed by atoms with Gasteiger partial charge in [-0.25, -0.2) is 4.39 Å². The Morgan fingerprint density at radius 2 is 2.00 bits per heavy atom. The van der Waals surface area contributed by atoms with Gasteiger partial charge in [0.2, 0.25) is 11.8 Å². The molecule has 0 aromatic heterocycles. The van der Waals surface area contributed by atoms with Crippen molar-refractivity contribution >= 4 is 11.8 Å². The van der Waals surface area contributed by atoms with Crippen LogP contribution in [-0.4, -0.2) is 48.6 Å². The van der Waals surface area contributed by atoms with Crippen molar-refractivity contribution in [3.05, 3.63) is 35.6 Å². The van der Waals surface area contributed by atoms with Gasteiger partial charge in [0.1, 0.15) is 12.4 Å². The zero-order valence-corrected chi connectivity index (χ0v) is 13.4. The quantitative estimate of drug-likeness (QED) is 0.891. The van der Waals surface area contributed by atoms with E-state index in [4.69, 9.17) is 4.74 Å². The topological polar surface area (TPSA) is 58.6 Å². The summed E-state index contributed by atoms with van der Waals surface area (Å²) < 4.78 is 19.1. The Morgan fingerprint density at radius 3 is 2.67 bits per heavy atom. The normalized spacial score (nSPS) is 30.3. The van der Waals surface area contributed by atoms with E-state index in [1.807, 2.05) is 4.90 Å². The van der Waals surface area contributed by atoms with Crippen LogP contribution in [-0.2, 0) is 14.3 Å². The third-order valence-corrected chi connectivity index (χ3v) is 5.52. The number of carbonyl (C=O) groups excluding carboxylic acids is 2. The lowest BCUT2D eigenvalue weighted by Gasteiger charge is -2.33. The fraction of sp³-hybridized carbons (Fsp3) is 0.556. The summed E-state index contributed by atoms with van der Waals surface area (Å²) in [6.07, 6.45) is 2.76. The zero-order valence-electron chi connectivity index (χ0n) is 13.4. The third-order valence-electron chi connectivity index (χ3n) is 5.52. The van der Waals surface area contributed by atoms with Gasteiger partial charge >= 0.3 is 0 Å². The van der Waals surface area contributed by atoms with Crippen LogP contribution in [0.2, 0.25) is 0 Å². The van der Waals surface area contributed by atoms with Gasteiger partial charge in [0.25, 0.3) is 0 Å². The van der Waals surface area contributed by atoms with E-state index < -0.39 is 0 Å². The number of amides is 2. The average molecular weight is 332 g/mol. The molecule has 2 saturated heterocycles. The number of rotatable bonds is 2. The standard InChI is InChI=1S/C18H21FN2O3/c19-13-6-4-11(5-7-13)14-9-21(18(23)12-2-1-3-12)15-8-20-16(22)10-24-17(14)15/h4-7,12,14-15,17H,1-3,8-10H2,(H,20,22)/t14-,15-,17-/m1/s1. The van der Waals surface area contributed by atoms with E-state index in [0.29, 0.717) is 13.1 Å². The van der Waals surface area contributed by atoms with E-state index in [1.54, 1.807) is 12.1 Å². The number of fused-ring (bicyclic) bond motifs is 1. The molecule has 5 nitrogen and oxygen atoms in total. The van der Waals surface area contributed by atoms with Crippen LogP contribution in [0.25, 0.3) is 0 Å². The Balaban J connectivity index is 1.62. The Kier molecular flexibility index (Phi) is 4.00. The maximum Gasteiger partial charge on any atom is 0.246 e. The minimum absolute atomic E-state index is 0.00429. The number of nitrogens with one attached hydrogen (secondary N) is 1. The number of halogens is 1. The monoisotopic (exact) mass is 332 g/mol. The van der Waals surface area contributed by atoms with Crippen LogP contribution in [0.5, 0.6) is 0 Å². The molecular formula is C18H21FN2O3. The van der Waals surface area contributed by atoms with E-state index in [0.717, 1.165) is 24.8 Å². The number of nitrogens with zero attached hydrogens (tertiary/aromatic N) is 1. The van der Waals surface area contributed by atoms with Crippen molar-refractivity contribution in [1.29, 1.82) is 0 Å². The summed E-state index contributed by atoms with van der Waals surface area (Å²) in [7, 11) is 0. The average Bonchev–Trinajstić information content (AvgIpc) is 2.77. The third kappa shape index (κ3) is 2.69. The van der Waals surface area contributed by atoms with E-state index in [1.165, 1.54) is 12.1 Å². The van der Waals surface area contributed by atoms with Crippen LogP contribution in [0.4, 0.5) is 4.39 Å². The van der Waals surface area contributed by atoms with Gasteiger partial charge in [0.05, 0.1) is 12.1 Å². The Morgan fingerprint density at radius 1 is 1.25 bits per heavy atom. The molecule has 0 radical (unpaired) electrons. The summed E-state index contributed by atoms with van der Waals surface area (Å²) in [5.74, 6) is -0.197. The van der Waals surface area contributed by atoms with E-state index >= 15 is 0 Å². The van der Waals surface area contributed by atoms with Crippen molar-refractivity contribution in [3.63, 3.8) is 0 Å². The minimum Gasteiger partial charge on any atom is -0.365 e. The van der Waals surface area contributed by atoms with E-state index in [9.17, 15) is 14.0 Å². The summed E-state index contributed by atoms with van der Waals surface area (Å²) in [4.78, 5) is 26.4. The van der Waals surface area contributed by atoms with Gasteiger partial charge in [0, 0.05) is 24.9 Å². The molecule has 0 unspecified atom stereocenters. The van der Waals surface area contributed by atoms with Gasteiger partial charge in [-0.15, -0.1) is 0 Å². The molecule has 128 valence electrons. The minimum atomic E-state index is -0.283. The molecule has 1 aromatic rings. The second kappa shape index (κ2) is 6.16. The molecule has 24 heavy (non-hydrogen) atoms. The SMILES string of the molecule is O=C1CO[C@@H]2[C@@H](c3ccc(F)cc3)CN(C(=O)C3CCC3)[C@@H]2CN1. The summed E-state index contributed by atoms with van der Waals surface area (Å²) in [5, 5.41) is 2.84. The molecule has 6 heteroatoms. The number of hydrogen-bond acceptors (Lipinski definition) is 3. The smallest absolute Gasteiger partial charge is 0.246 e. The van der Waals surface area contributed by atoms with E-state index in [-0.39, 0.29) is 48.2 Å². The fourth-order valence-electron chi connectivity index (χ4n) is 3.94. The Bertz CT molecular complexity index is 644. The molecule has 3 fully saturated rings. The number of hydrogen-bond donors (Lipinski definition) is 1. The highest BCUT2D eigenvalue weighted by atomic mass is 19.1. The summed E-state index contributed by atoms with van der Waals surface area (Å²) in [6, 6.07) is 6.21. The van der Waals surface area contributed by atoms with Gasteiger partial charge in [-0.1, -0.05) is 18.6 Å². The molecule has 1 N–H and O–H groups in total. The highest BCUT2D eigenvalue weighted by Gasteiger charge is 2.48. The van der Waals surface area contributed by atoms with Gasteiger partial charge < -0.3 is 15.0 Å². The number of likely N-dealkylation sites (tertiary alicyclic amines) is 1. The highest BCUT2D eigenvalue weighted by Crippen LogP contribution is 2.38. The summed E-state index contributed by atoms with van der Waals surface area (Å²) >= 11 is 0. The lowest BCUT2D eigenvalue weighted by molar-refractivity contribution is -0.139. The lowest BCUT2D eigenvalue weighted by atomic mass is 9.84. The first-order chi connectivity index (χ1) is 11.6. The first kappa shape index (κ1) is 15.6. The molecule has 0 spiro atoms. The predicted octanol–water partition coefficient (Wildman–Crippen LogP) is 1.44. The number of benzene rings is 1. The molecule has 2 heterocycles. The maximum atomic E-state index is 13.2. The Labute approximate surface area is 140 Å². The van der Waals surface area contributed by atoms with Crippen LogP contribution in [0, 0.1) is 11.7 Å². The summed E-state index contributed by atoms with van der Waals surface area (Å²) in [5.41, 5.74) is 0.949. The van der Waals surface area contributed by atoms with Gasteiger partial charge in [-0.3, -0.25) is 9.59 Å². The van der Waals surface area contributed by atoms with Crippen molar-refractivity contribution in [2.45, 2.75) is 37.3 Å². The van der Waals surface area contributed by atoms with Crippen molar-refractivity contribution < 1.29 is 18.7 Å². The second-order valence-corrected chi connectivity index (χ2v) is 6.92. The molecule has 1 aliphatic carbocycles. The maximum absolute atomic E-state index is 13.2. The Hall–Kier alpha value is -1.95. The summed E-state index contributed by atoms with van der Waals surface area (Å²) in [6.45, 7) is 0.982. The van der Waals surface area contributed by atoms with Crippen molar-refractivity contribution in [1.82, 2.24) is 10.2 Å². The molecule has 3 aliphatic rings. The molecule has 0 bridgehead atoms. The molecular weight excluding hydrogens is 311 g/mol. The van der Waals surface area contributed by atoms with Crippen LogP contribution < -0.4 is 5.32 Å². The van der Waals surface area contributed by atoms with Crippen LogP contribution in [0.1, 0.15) is 30.7 Å². The number of carbonyl (C=O) groups is 2. The van der Waals surface area contributed by atoms with Gasteiger partial charge in [-0.05, 0) is 30.5 Å². The molecule has 1 saturated carbocycles. The van der Waals surface area contributed by atoms with E-state index in [2.05, 4.69) is 5.32 Å². The van der Waals surface area contributed by atoms with Crippen molar-refractivity contribution in [2.24, 2.45) is 5.92 Å². The predicted molar refractivity (Wildman–Crippen MR) is 84.7 cm³/mol. The first-order valence-corrected chi connectivity index (χ1v) is 8.58. The second-order valence-electron chi connectivity index (χ2n) is 6.92.